The van der Waals surface area contributed by atoms with E-state index in [1.807, 2.05) is 13.8 Å². The van der Waals surface area contributed by atoms with Crippen LogP contribution < -0.4 is 0 Å². The summed E-state index contributed by atoms with van der Waals surface area (Å²) < 4.78 is 14.2. The molecule has 0 aromatic carbocycles. The highest BCUT2D eigenvalue weighted by molar-refractivity contribution is 7.17. The number of hydrogen-bond donors (Lipinski definition) is 0. The fourth-order valence-electron chi connectivity index (χ4n) is 0.749. The lowest BCUT2D eigenvalue weighted by Gasteiger charge is -2.16. The van der Waals surface area contributed by atoms with Gasteiger partial charge in [0.05, 0.1) is 0 Å². The molecular formula is C6H12NO3P. The van der Waals surface area contributed by atoms with Crippen molar-refractivity contribution in [3.05, 3.63) is 0 Å². The molecule has 0 aliphatic rings. The van der Waals surface area contributed by atoms with Gasteiger partial charge in [0, 0.05) is 13.1 Å². The molecule has 0 atom stereocenters. The Kier molecular flexibility index (Phi) is 5.99. The van der Waals surface area contributed by atoms with Gasteiger partial charge in [-0.3, -0.25) is 9.32 Å². The molecule has 0 aromatic rings. The summed E-state index contributed by atoms with van der Waals surface area (Å²) >= 11 is 0. The first-order valence-electron chi connectivity index (χ1n) is 3.48. The van der Waals surface area contributed by atoms with Crippen LogP contribution in [0.3, 0.4) is 0 Å². The Morgan fingerprint density at radius 1 is 1.45 bits per heavy atom. The lowest BCUT2D eigenvalue weighted by Crippen LogP contribution is -2.32. The molecule has 0 fully saturated rings. The largest absolute Gasteiger partial charge is 0.341 e. The van der Waals surface area contributed by atoms with Crippen molar-refractivity contribution in [2.24, 2.45) is 0 Å². The topological polar surface area (TPSA) is 46.6 Å². The van der Waals surface area contributed by atoms with E-state index in [2.05, 4.69) is 4.52 Å². The second-order valence-electron chi connectivity index (χ2n) is 1.91. The van der Waals surface area contributed by atoms with Crippen LogP contribution in [0.2, 0.25) is 0 Å². The Balaban J connectivity index is 3.69. The zero-order chi connectivity index (χ0) is 8.69. The molecule has 0 rings (SSSR count). The third-order valence-corrected chi connectivity index (χ3v) is 1.59. The molecule has 0 aliphatic heterocycles. The second kappa shape index (κ2) is 6.25. The van der Waals surface area contributed by atoms with Gasteiger partial charge in [-0.25, -0.2) is 4.57 Å². The number of hydrogen-bond acceptors (Lipinski definition) is 3. The summed E-state index contributed by atoms with van der Waals surface area (Å²) in [6.07, 6.45) is 0. The van der Waals surface area contributed by atoms with Crippen molar-refractivity contribution in [3.63, 3.8) is 0 Å². The van der Waals surface area contributed by atoms with E-state index in [9.17, 15) is 9.36 Å². The maximum Gasteiger partial charge on any atom is 0.327 e. The first-order chi connectivity index (χ1) is 5.26. The minimum atomic E-state index is -0.440. The van der Waals surface area contributed by atoms with E-state index < -0.39 is 8.69 Å². The molecule has 4 nitrogen and oxygen atoms in total. The number of amides is 1. The lowest BCUT2D eigenvalue weighted by atomic mass is 10.5. The summed E-state index contributed by atoms with van der Waals surface area (Å²) in [5.74, 6) is -0.127. The van der Waals surface area contributed by atoms with Crippen LogP contribution in [0.15, 0.2) is 0 Å². The van der Waals surface area contributed by atoms with Gasteiger partial charge in [-0.15, -0.1) is 0 Å². The van der Waals surface area contributed by atoms with Gasteiger partial charge < -0.3 is 4.90 Å². The fraction of sp³-hybridized carbons (Fsp3) is 0.833. The van der Waals surface area contributed by atoms with Crippen LogP contribution in [-0.2, 0) is 13.9 Å². The van der Waals surface area contributed by atoms with Crippen LogP contribution >= 0.6 is 8.69 Å². The van der Waals surface area contributed by atoms with Crippen molar-refractivity contribution in [1.29, 1.82) is 0 Å². The quantitative estimate of drug-likeness (QED) is 0.590. The highest BCUT2D eigenvalue weighted by atomic mass is 31.1. The van der Waals surface area contributed by atoms with Crippen LogP contribution in [0.25, 0.3) is 0 Å². The smallest absolute Gasteiger partial charge is 0.327 e. The number of likely N-dealkylation sites (N-methyl/N-ethyl adjacent to an activating group) is 1. The van der Waals surface area contributed by atoms with Crippen LogP contribution in [0.1, 0.15) is 13.8 Å². The van der Waals surface area contributed by atoms with Crippen LogP contribution in [-0.4, -0.2) is 30.5 Å². The van der Waals surface area contributed by atoms with E-state index in [0.717, 1.165) is 0 Å². The van der Waals surface area contributed by atoms with E-state index in [-0.39, 0.29) is 12.5 Å². The molecule has 0 heterocycles. The number of rotatable bonds is 5. The van der Waals surface area contributed by atoms with Crippen molar-refractivity contribution in [2.75, 3.05) is 19.7 Å². The first kappa shape index (κ1) is 10.5. The summed E-state index contributed by atoms with van der Waals surface area (Å²) in [7, 11) is -0.440. The highest BCUT2D eigenvalue weighted by Gasteiger charge is 2.08. The number of nitrogens with zero attached hydrogens (tertiary/aromatic N) is 1. The maximum absolute atomic E-state index is 11.0. The molecular weight excluding hydrogens is 165 g/mol. The molecule has 0 aliphatic carbocycles. The summed E-state index contributed by atoms with van der Waals surface area (Å²) in [5, 5.41) is 0. The van der Waals surface area contributed by atoms with Gasteiger partial charge in [-0.05, 0) is 13.8 Å². The predicted molar refractivity (Wildman–Crippen MR) is 41.5 cm³/mol. The van der Waals surface area contributed by atoms with Gasteiger partial charge in [0.25, 0.3) is 0 Å². The Labute approximate surface area is 67.8 Å². The highest BCUT2D eigenvalue weighted by Crippen LogP contribution is 1.96. The standard InChI is InChI=1S/C6H12NO3P/c1-3-7(4-2)6(8)5-10-11-9/h3-5H2,1-2H3. The van der Waals surface area contributed by atoms with Gasteiger partial charge in [0.15, 0.2) is 0 Å². The molecule has 0 N–H and O–H groups in total. The fourth-order valence-corrected chi connectivity index (χ4v) is 0.912. The molecule has 0 aromatic heterocycles. The number of carbonyl (C=O) groups is 1. The Hall–Kier alpha value is -0.470. The van der Waals surface area contributed by atoms with Gasteiger partial charge in [-0.2, -0.15) is 0 Å². The SMILES string of the molecule is CCN(CC)C(=O)COP=O. The Bertz CT molecular complexity index is 136. The van der Waals surface area contributed by atoms with E-state index >= 15 is 0 Å². The third-order valence-electron chi connectivity index (χ3n) is 1.36. The minimum Gasteiger partial charge on any atom is -0.341 e. The molecule has 5 heteroatoms. The van der Waals surface area contributed by atoms with Gasteiger partial charge >= 0.3 is 8.69 Å². The number of carbonyl (C=O) groups excluding carboxylic acids is 1. The zero-order valence-electron chi connectivity index (χ0n) is 6.74. The minimum absolute atomic E-state index is 0.104. The Morgan fingerprint density at radius 2 is 2.00 bits per heavy atom. The average Bonchev–Trinajstić information content (AvgIpc) is 2.03. The van der Waals surface area contributed by atoms with Crippen molar-refractivity contribution >= 4 is 14.6 Å². The maximum atomic E-state index is 11.0. The molecule has 0 bridgehead atoms. The molecule has 1 amide bonds. The van der Waals surface area contributed by atoms with Gasteiger partial charge in [0.2, 0.25) is 5.91 Å². The monoisotopic (exact) mass is 177 g/mol. The van der Waals surface area contributed by atoms with Crippen molar-refractivity contribution in [2.45, 2.75) is 13.8 Å². The normalized spacial score (nSPS) is 10.0. The van der Waals surface area contributed by atoms with Crippen molar-refractivity contribution < 1.29 is 13.9 Å². The van der Waals surface area contributed by atoms with Crippen molar-refractivity contribution in [3.8, 4) is 0 Å². The van der Waals surface area contributed by atoms with Crippen LogP contribution in [0.4, 0.5) is 0 Å². The molecule has 0 radical (unpaired) electrons. The third kappa shape index (κ3) is 4.06. The molecule has 0 saturated heterocycles. The lowest BCUT2D eigenvalue weighted by molar-refractivity contribution is -0.132. The predicted octanol–water partition coefficient (Wildman–Crippen LogP) is 1.08. The van der Waals surface area contributed by atoms with Crippen LogP contribution in [0.5, 0.6) is 0 Å². The summed E-state index contributed by atoms with van der Waals surface area (Å²) in [4.78, 5) is 12.6. The molecule has 0 spiro atoms. The van der Waals surface area contributed by atoms with Crippen LogP contribution in [0, 0.1) is 0 Å². The molecule has 64 valence electrons. The van der Waals surface area contributed by atoms with Crippen molar-refractivity contribution in [1.82, 2.24) is 4.90 Å². The van der Waals surface area contributed by atoms with Gasteiger partial charge in [-0.1, -0.05) is 0 Å². The van der Waals surface area contributed by atoms with E-state index in [0.29, 0.717) is 13.1 Å². The van der Waals surface area contributed by atoms with Gasteiger partial charge in [0.1, 0.15) is 6.61 Å². The average molecular weight is 177 g/mol. The first-order valence-corrected chi connectivity index (χ1v) is 4.21. The molecule has 0 saturated carbocycles. The van der Waals surface area contributed by atoms with E-state index in [1.165, 1.54) is 0 Å². The second-order valence-corrected chi connectivity index (χ2v) is 2.32. The summed E-state index contributed by atoms with van der Waals surface area (Å²) in [5.41, 5.74) is 0. The van der Waals surface area contributed by atoms with E-state index in [4.69, 9.17) is 0 Å². The Morgan fingerprint density at radius 3 is 2.36 bits per heavy atom. The van der Waals surface area contributed by atoms with E-state index in [1.54, 1.807) is 4.90 Å². The summed E-state index contributed by atoms with van der Waals surface area (Å²) in [6.45, 7) is 4.99. The zero-order valence-corrected chi connectivity index (χ0v) is 7.63. The molecule has 0 unspecified atom stereocenters. The summed E-state index contributed by atoms with van der Waals surface area (Å²) in [6, 6.07) is 0. The molecule has 11 heavy (non-hydrogen) atoms.